The van der Waals surface area contributed by atoms with Crippen molar-refractivity contribution in [2.75, 3.05) is 43.1 Å². The fraction of sp³-hybridized carbons (Fsp3) is 0.364. The van der Waals surface area contributed by atoms with Gasteiger partial charge in [-0.05, 0) is 42.5 Å². The molecule has 0 N–H and O–H groups in total. The topological polar surface area (TPSA) is 70.6 Å². The van der Waals surface area contributed by atoms with Gasteiger partial charge in [0.05, 0.1) is 15.1 Å². The van der Waals surface area contributed by atoms with Gasteiger partial charge in [-0.15, -0.1) is 11.8 Å². The Morgan fingerprint density at radius 3 is 2.55 bits per heavy atom. The lowest BCUT2D eigenvalue weighted by Crippen LogP contribution is -2.48. The lowest BCUT2D eigenvalue weighted by molar-refractivity contribution is -0.131. The number of thiazole rings is 1. The molecule has 9 heteroatoms. The number of carbonyl (C=O) groups is 1. The van der Waals surface area contributed by atoms with Crippen LogP contribution in [-0.4, -0.2) is 62.4 Å². The first-order valence-electron chi connectivity index (χ1n) is 10.2. The van der Waals surface area contributed by atoms with E-state index in [4.69, 9.17) is 0 Å². The Balaban J connectivity index is 1.27. The molecule has 0 atom stereocenters. The monoisotopic (exact) mass is 475 g/mol. The van der Waals surface area contributed by atoms with Crippen molar-refractivity contribution in [3.05, 3.63) is 48.5 Å². The second-order valence-corrected chi connectivity index (χ2v) is 11.7. The van der Waals surface area contributed by atoms with Crippen molar-refractivity contribution in [2.45, 2.75) is 22.6 Å². The third kappa shape index (κ3) is 5.58. The highest BCUT2D eigenvalue weighted by atomic mass is 32.2. The molecule has 6 nitrogen and oxygen atoms in total. The Labute approximate surface area is 191 Å². The highest BCUT2D eigenvalue weighted by Crippen LogP contribution is 2.31. The van der Waals surface area contributed by atoms with Crippen molar-refractivity contribution in [1.82, 2.24) is 9.88 Å². The average Bonchev–Trinajstić information content (AvgIpc) is 3.20. The number of sulfone groups is 1. The smallest absolute Gasteiger partial charge is 0.222 e. The van der Waals surface area contributed by atoms with Gasteiger partial charge < -0.3 is 9.80 Å². The highest BCUT2D eigenvalue weighted by molar-refractivity contribution is 7.99. The summed E-state index contributed by atoms with van der Waals surface area (Å²) in [5.74, 6) is 1.16. The minimum atomic E-state index is -3.23. The molecule has 31 heavy (non-hydrogen) atoms. The lowest BCUT2D eigenvalue weighted by atomic mass is 10.2. The van der Waals surface area contributed by atoms with Crippen LogP contribution in [0.1, 0.15) is 12.8 Å². The van der Waals surface area contributed by atoms with Crippen LogP contribution in [0.25, 0.3) is 10.2 Å². The van der Waals surface area contributed by atoms with Crippen molar-refractivity contribution < 1.29 is 13.2 Å². The first-order chi connectivity index (χ1) is 14.9. The zero-order chi connectivity index (χ0) is 21.8. The molecule has 1 aliphatic rings. The highest BCUT2D eigenvalue weighted by Gasteiger charge is 2.23. The minimum Gasteiger partial charge on any atom is -0.345 e. The van der Waals surface area contributed by atoms with Gasteiger partial charge in [0, 0.05) is 43.8 Å². The Morgan fingerprint density at radius 1 is 1.10 bits per heavy atom. The minimum absolute atomic E-state index is 0.218. The van der Waals surface area contributed by atoms with Gasteiger partial charge >= 0.3 is 0 Å². The molecule has 1 fully saturated rings. The number of benzene rings is 2. The summed E-state index contributed by atoms with van der Waals surface area (Å²) in [6.07, 6.45) is 2.67. The lowest BCUT2D eigenvalue weighted by Gasteiger charge is -2.34. The van der Waals surface area contributed by atoms with E-state index in [1.54, 1.807) is 30.0 Å². The van der Waals surface area contributed by atoms with Crippen molar-refractivity contribution in [1.29, 1.82) is 0 Å². The quantitative estimate of drug-likeness (QED) is 0.381. The summed E-state index contributed by atoms with van der Waals surface area (Å²) in [5.41, 5.74) is 0.807. The SMILES string of the molecule is CS(=O)(=O)c1ccc2nc(N3CCN(C(=O)CCCSc4ccccc4)CC3)sc2c1. The molecule has 3 aromatic rings. The van der Waals surface area contributed by atoms with E-state index in [9.17, 15) is 13.2 Å². The Morgan fingerprint density at radius 2 is 1.84 bits per heavy atom. The predicted octanol–water partition coefficient (Wildman–Crippen LogP) is 3.92. The summed E-state index contributed by atoms with van der Waals surface area (Å²) < 4.78 is 24.4. The number of carbonyl (C=O) groups excluding carboxylic acids is 1. The number of rotatable bonds is 7. The average molecular weight is 476 g/mol. The van der Waals surface area contributed by atoms with Crippen LogP contribution in [0.4, 0.5) is 5.13 Å². The van der Waals surface area contributed by atoms with Crippen LogP contribution >= 0.6 is 23.1 Å². The van der Waals surface area contributed by atoms with Crippen molar-refractivity contribution in [3.8, 4) is 0 Å². The number of thioether (sulfide) groups is 1. The summed E-state index contributed by atoms with van der Waals surface area (Å²) in [7, 11) is -3.23. The third-order valence-electron chi connectivity index (χ3n) is 5.23. The number of aromatic nitrogens is 1. The summed E-state index contributed by atoms with van der Waals surface area (Å²) in [4.78, 5) is 22.9. The molecule has 0 saturated carbocycles. The molecule has 1 amide bonds. The molecule has 1 aliphatic heterocycles. The van der Waals surface area contributed by atoms with Gasteiger partial charge in [-0.1, -0.05) is 29.5 Å². The van der Waals surface area contributed by atoms with Crippen LogP contribution in [0.5, 0.6) is 0 Å². The van der Waals surface area contributed by atoms with E-state index in [0.29, 0.717) is 24.4 Å². The Kier molecular flexibility index (Phi) is 6.83. The van der Waals surface area contributed by atoms with Crippen LogP contribution < -0.4 is 4.90 Å². The molecule has 0 aliphatic carbocycles. The van der Waals surface area contributed by atoms with Gasteiger partial charge in [0.25, 0.3) is 0 Å². The van der Waals surface area contributed by atoms with E-state index in [-0.39, 0.29) is 5.91 Å². The summed E-state index contributed by atoms with van der Waals surface area (Å²) >= 11 is 3.29. The van der Waals surface area contributed by atoms with Gasteiger partial charge in [0.1, 0.15) is 0 Å². The summed E-state index contributed by atoms with van der Waals surface area (Å²) in [6.45, 7) is 2.86. The number of nitrogens with zero attached hydrogens (tertiary/aromatic N) is 3. The Hall–Kier alpha value is -2.10. The van der Waals surface area contributed by atoms with E-state index in [0.717, 1.165) is 40.6 Å². The van der Waals surface area contributed by atoms with E-state index >= 15 is 0 Å². The first-order valence-corrected chi connectivity index (χ1v) is 13.9. The van der Waals surface area contributed by atoms with Gasteiger partial charge in [-0.3, -0.25) is 4.79 Å². The maximum atomic E-state index is 12.6. The number of hydrogen-bond donors (Lipinski definition) is 0. The molecular formula is C22H25N3O3S3. The number of amides is 1. The molecule has 164 valence electrons. The number of piperazine rings is 1. The standard InChI is InChI=1S/C22H25N3O3S3/c1-31(27,28)18-9-10-19-20(16-18)30-22(23-19)25-13-11-24(12-14-25)21(26)8-5-15-29-17-6-3-2-4-7-17/h2-4,6-7,9-10,16H,5,8,11-15H2,1H3. The largest absolute Gasteiger partial charge is 0.345 e. The normalized spacial score (nSPS) is 14.9. The van der Waals surface area contributed by atoms with Crippen LogP contribution in [0.3, 0.4) is 0 Å². The van der Waals surface area contributed by atoms with Crippen LogP contribution in [-0.2, 0) is 14.6 Å². The second-order valence-electron chi connectivity index (χ2n) is 7.53. The maximum Gasteiger partial charge on any atom is 0.222 e. The van der Waals surface area contributed by atoms with E-state index < -0.39 is 9.84 Å². The molecule has 4 rings (SSSR count). The zero-order valence-corrected chi connectivity index (χ0v) is 19.8. The molecule has 2 aromatic carbocycles. The van der Waals surface area contributed by atoms with Gasteiger partial charge in [0.15, 0.2) is 15.0 Å². The molecule has 2 heterocycles. The first kappa shape index (κ1) is 22.1. The number of anilines is 1. The summed E-state index contributed by atoms with van der Waals surface area (Å²) in [6, 6.07) is 15.3. The number of hydrogen-bond acceptors (Lipinski definition) is 7. The molecule has 0 unspecified atom stereocenters. The van der Waals surface area contributed by atoms with Crippen LogP contribution in [0.15, 0.2) is 58.3 Å². The molecule has 1 aromatic heterocycles. The maximum absolute atomic E-state index is 12.6. The number of fused-ring (bicyclic) bond motifs is 1. The predicted molar refractivity (Wildman–Crippen MR) is 128 cm³/mol. The second kappa shape index (κ2) is 9.58. The van der Waals surface area contributed by atoms with E-state index in [1.807, 2.05) is 23.1 Å². The van der Waals surface area contributed by atoms with Crippen molar-refractivity contribution >= 4 is 54.2 Å². The van der Waals surface area contributed by atoms with E-state index in [1.165, 1.54) is 22.5 Å². The van der Waals surface area contributed by atoms with Crippen LogP contribution in [0.2, 0.25) is 0 Å². The van der Waals surface area contributed by atoms with Crippen molar-refractivity contribution in [3.63, 3.8) is 0 Å². The van der Waals surface area contributed by atoms with Crippen molar-refractivity contribution in [2.24, 2.45) is 0 Å². The molecular weight excluding hydrogens is 450 g/mol. The fourth-order valence-corrected chi connectivity index (χ4v) is 6.15. The van der Waals surface area contributed by atoms with Gasteiger partial charge in [0.2, 0.25) is 5.91 Å². The van der Waals surface area contributed by atoms with Crippen LogP contribution in [0, 0.1) is 0 Å². The molecule has 0 bridgehead atoms. The fourth-order valence-electron chi connectivity index (χ4n) is 3.49. The van der Waals surface area contributed by atoms with Gasteiger partial charge in [-0.2, -0.15) is 0 Å². The van der Waals surface area contributed by atoms with E-state index in [2.05, 4.69) is 22.0 Å². The molecule has 0 spiro atoms. The van der Waals surface area contributed by atoms with Gasteiger partial charge in [-0.25, -0.2) is 13.4 Å². The molecule has 1 saturated heterocycles. The third-order valence-corrected chi connectivity index (χ3v) is 8.51. The zero-order valence-electron chi connectivity index (χ0n) is 17.4. The Bertz CT molecular complexity index is 1150. The molecule has 0 radical (unpaired) electrons. The summed E-state index contributed by atoms with van der Waals surface area (Å²) in [5, 5.41) is 0.881.